The minimum atomic E-state index is -1.61. The van der Waals surface area contributed by atoms with Crippen molar-refractivity contribution in [2.24, 2.45) is 5.16 Å². The highest BCUT2D eigenvalue weighted by Crippen LogP contribution is 2.34. The van der Waals surface area contributed by atoms with E-state index in [1.54, 1.807) is 19.2 Å². The molecule has 2 aliphatic heterocycles. The Balaban J connectivity index is 1.32. The predicted molar refractivity (Wildman–Crippen MR) is 126 cm³/mol. The summed E-state index contributed by atoms with van der Waals surface area (Å²) in [5, 5.41) is 43.7. The van der Waals surface area contributed by atoms with E-state index in [4.69, 9.17) is 14.3 Å². The number of benzene rings is 2. The summed E-state index contributed by atoms with van der Waals surface area (Å²) >= 11 is 0. The molecule has 10 nitrogen and oxygen atoms in total. The molecule has 0 radical (unpaired) electrons. The lowest BCUT2D eigenvalue weighted by Gasteiger charge is -2.42. The maximum absolute atomic E-state index is 13.7. The molecule has 2 aliphatic rings. The summed E-state index contributed by atoms with van der Waals surface area (Å²) in [6.45, 7) is -0.546. The van der Waals surface area contributed by atoms with E-state index in [0.717, 1.165) is 22.4 Å². The number of nitrogens with zero attached hydrogens (tertiary/aromatic N) is 4. The van der Waals surface area contributed by atoms with Crippen LogP contribution in [0.4, 0.5) is 13.2 Å². The maximum Gasteiger partial charge on any atom is 0.194 e. The summed E-state index contributed by atoms with van der Waals surface area (Å²) in [6, 6.07) is 7.72. The van der Waals surface area contributed by atoms with Crippen LogP contribution in [0.1, 0.15) is 24.4 Å². The number of rotatable bonds is 7. The molecule has 1 fully saturated rings. The van der Waals surface area contributed by atoms with Crippen molar-refractivity contribution < 1.29 is 42.8 Å². The number of oxime groups is 1. The molecule has 1 saturated heterocycles. The Morgan fingerprint density at radius 2 is 1.71 bits per heavy atom. The second kappa shape index (κ2) is 10.7. The summed E-state index contributed by atoms with van der Waals surface area (Å²) in [7, 11) is 1.57. The molecule has 13 heteroatoms. The molecule has 6 atom stereocenters. The minimum Gasteiger partial charge on any atom is -0.497 e. The van der Waals surface area contributed by atoms with Gasteiger partial charge in [-0.1, -0.05) is 10.4 Å². The van der Waals surface area contributed by atoms with Crippen LogP contribution in [-0.2, 0) is 9.57 Å². The Hall–Kier alpha value is -3.52. The first-order chi connectivity index (χ1) is 18.3. The lowest BCUT2D eigenvalue weighted by atomic mass is 9.89. The van der Waals surface area contributed by atoms with Gasteiger partial charge in [0.05, 0.1) is 31.7 Å². The number of hydrogen-bond acceptors (Lipinski definition) is 9. The first-order valence-corrected chi connectivity index (χ1v) is 11.8. The topological polar surface area (TPSA) is 131 Å². The number of methoxy groups -OCH3 is 1. The lowest BCUT2D eigenvalue weighted by Crippen LogP contribution is -2.56. The van der Waals surface area contributed by atoms with Crippen LogP contribution in [0.3, 0.4) is 0 Å². The fraction of sp³-hybridized carbons (Fsp3) is 0.400. The van der Waals surface area contributed by atoms with Crippen LogP contribution in [0.15, 0.2) is 47.8 Å². The van der Waals surface area contributed by atoms with E-state index in [2.05, 4.69) is 15.5 Å². The second-order valence-electron chi connectivity index (χ2n) is 9.14. The van der Waals surface area contributed by atoms with Crippen molar-refractivity contribution in [3.8, 4) is 17.0 Å². The van der Waals surface area contributed by atoms with Crippen molar-refractivity contribution in [1.29, 1.82) is 0 Å². The molecule has 3 N–H and O–H groups in total. The van der Waals surface area contributed by atoms with Crippen molar-refractivity contribution in [3.63, 3.8) is 0 Å². The van der Waals surface area contributed by atoms with Crippen LogP contribution in [-0.4, -0.2) is 80.3 Å². The molecule has 0 aliphatic carbocycles. The van der Waals surface area contributed by atoms with Crippen LogP contribution in [0, 0.1) is 17.5 Å². The van der Waals surface area contributed by atoms with E-state index in [1.807, 2.05) is 12.1 Å². The molecule has 0 saturated carbocycles. The van der Waals surface area contributed by atoms with Gasteiger partial charge in [-0.05, 0) is 42.0 Å². The molecule has 1 aromatic heterocycles. The van der Waals surface area contributed by atoms with Gasteiger partial charge in [-0.3, -0.25) is 0 Å². The normalized spacial score (nSPS) is 27.2. The zero-order chi connectivity index (χ0) is 27.0. The van der Waals surface area contributed by atoms with Crippen molar-refractivity contribution in [3.05, 3.63) is 65.6 Å². The Morgan fingerprint density at radius 3 is 2.37 bits per heavy atom. The highest BCUT2D eigenvalue weighted by Gasteiger charge is 2.47. The summed E-state index contributed by atoms with van der Waals surface area (Å²) < 4.78 is 52.8. The zero-order valence-corrected chi connectivity index (χ0v) is 20.1. The van der Waals surface area contributed by atoms with E-state index in [0.29, 0.717) is 17.9 Å². The van der Waals surface area contributed by atoms with Crippen LogP contribution < -0.4 is 4.74 Å². The second-order valence-corrected chi connectivity index (χ2v) is 9.14. The van der Waals surface area contributed by atoms with E-state index >= 15 is 0 Å². The van der Waals surface area contributed by atoms with Gasteiger partial charge < -0.3 is 29.6 Å². The molecule has 3 aromatic rings. The summed E-state index contributed by atoms with van der Waals surface area (Å²) in [5.41, 5.74) is 1.46. The van der Waals surface area contributed by atoms with Crippen molar-refractivity contribution in [2.75, 3.05) is 13.7 Å². The molecule has 2 aromatic carbocycles. The zero-order valence-electron chi connectivity index (χ0n) is 20.1. The first-order valence-electron chi connectivity index (χ1n) is 11.8. The smallest absolute Gasteiger partial charge is 0.194 e. The Kier molecular flexibility index (Phi) is 7.34. The lowest BCUT2D eigenvalue weighted by molar-refractivity contribution is -0.212. The van der Waals surface area contributed by atoms with Crippen LogP contribution in [0.25, 0.3) is 11.3 Å². The fourth-order valence-corrected chi connectivity index (χ4v) is 4.71. The molecule has 0 amide bonds. The average Bonchev–Trinajstić information content (AvgIpc) is 3.59. The summed E-state index contributed by atoms with van der Waals surface area (Å²) in [4.78, 5) is 5.56. The van der Waals surface area contributed by atoms with Gasteiger partial charge in [0.1, 0.15) is 41.9 Å². The quantitative estimate of drug-likeness (QED) is 0.392. The van der Waals surface area contributed by atoms with Gasteiger partial charge in [0.25, 0.3) is 0 Å². The number of aliphatic hydroxyl groups excluding tert-OH is 3. The third-order valence-corrected chi connectivity index (χ3v) is 6.74. The average molecular weight is 534 g/mol. The predicted octanol–water partition coefficient (Wildman–Crippen LogP) is 1.98. The number of aliphatic hydroxyl groups is 3. The molecule has 0 unspecified atom stereocenters. The van der Waals surface area contributed by atoms with Crippen LogP contribution in [0.2, 0.25) is 0 Å². The number of halogens is 3. The van der Waals surface area contributed by atoms with Gasteiger partial charge in [-0.25, -0.2) is 17.9 Å². The number of ether oxygens (including phenoxy) is 2. The van der Waals surface area contributed by atoms with Gasteiger partial charge in [0, 0.05) is 18.4 Å². The van der Waals surface area contributed by atoms with Crippen LogP contribution in [0.5, 0.6) is 5.75 Å². The molecular formula is C25H25F3N4O6. The largest absolute Gasteiger partial charge is 0.497 e. The molecule has 0 bridgehead atoms. The van der Waals surface area contributed by atoms with Gasteiger partial charge in [-0.15, -0.1) is 5.10 Å². The molecule has 202 valence electrons. The highest BCUT2D eigenvalue weighted by molar-refractivity contribution is 6.01. The van der Waals surface area contributed by atoms with E-state index in [1.165, 1.54) is 6.20 Å². The van der Waals surface area contributed by atoms with Gasteiger partial charge >= 0.3 is 0 Å². The van der Waals surface area contributed by atoms with Gasteiger partial charge in [0.2, 0.25) is 0 Å². The van der Waals surface area contributed by atoms with Gasteiger partial charge in [-0.2, -0.15) is 0 Å². The maximum atomic E-state index is 13.7. The Bertz CT molecular complexity index is 1300. The summed E-state index contributed by atoms with van der Waals surface area (Å²) in [5.74, 6) is -3.70. The third kappa shape index (κ3) is 4.97. The van der Waals surface area contributed by atoms with E-state index < -0.39 is 60.6 Å². The molecule has 3 heterocycles. The standard InChI is InChI=1S/C25H25F3N4O6/c1-36-14-4-2-12(3-5-14)18-8-15(38-30-18)9-20-24(34)23(25(35)21(11-33)37-20)32-10-19(29-31-32)13-6-16(26)22(28)17(27)7-13/h2-7,10,15,20-21,23-25,33-35H,8-9,11H2,1H3/t15-,20-,21-,23-,24+,25+/m1/s1. The number of hydrogen-bond donors (Lipinski definition) is 3. The van der Waals surface area contributed by atoms with Crippen molar-refractivity contribution in [2.45, 2.75) is 49.4 Å². The summed E-state index contributed by atoms with van der Waals surface area (Å²) in [6.07, 6.45) is -3.23. The van der Waals surface area contributed by atoms with Crippen molar-refractivity contribution >= 4 is 5.71 Å². The van der Waals surface area contributed by atoms with E-state index in [9.17, 15) is 28.5 Å². The Labute approximate surface area is 214 Å². The van der Waals surface area contributed by atoms with Crippen molar-refractivity contribution in [1.82, 2.24) is 15.0 Å². The number of aromatic nitrogens is 3. The SMILES string of the molecule is COc1ccc(C2=NO[C@@H](C[C@H]3O[C@H](CO)[C@H](O)[C@H](n4cc(-c5cc(F)c(F)c(F)c5)nn4)[C@H]3O)C2)cc1. The molecule has 5 rings (SSSR count). The molecular weight excluding hydrogens is 509 g/mol. The minimum absolute atomic E-state index is 0.0116. The van der Waals surface area contributed by atoms with Gasteiger partial charge in [0.15, 0.2) is 17.5 Å². The molecule has 0 spiro atoms. The first kappa shape index (κ1) is 26.1. The highest BCUT2D eigenvalue weighted by atomic mass is 19.2. The monoisotopic (exact) mass is 534 g/mol. The third-order valence-electron chi connectivity index (χ3n) is 6.74. The molecule has 38 heavy (non-hydrogen) atoms. The van der Waals surface area contributed by atoms with E-state index in [-0.39, 0.29) is 17.7 Å². The van der Waals surface area contributed by atoms with Crippen LogP contribution >= 0.6 is 0 Å². The fourth-order valence-electron chi connectivity index (χ4n) is 4.71. The Morgan fingerprint density at radius 1 is 1.03 bits per heavy atom.